The van der Waals surface area contributed by atoms with Gasteiger partial charge in [0.25, 0.3) is 0 Å². The van der Waals surface area contributed by atoms with Crippen LogP contribution in [0.5, 0.6) is 0 Å². The Labute approximate surface area is 102 Å². The Kier molecular flexibility index (Phi) is 2.98. The summed E-state index contributed by atoms with van der Waals surface area (Å²) < 4.78 is 18.3. The van der Waals surface area contributed by atoms with Crippen LogP contribution in [0.4, 0.5) is 4.39 Å². The van der Waals surface area contributed by atoms with Gasteiger partial charge in [-0.2, -0.15) is 0 Å². The van der Waals surface area contributed by atoms with E-state index in [0.29, 0.717) is 5.52 Å². The van der Waals surface area contributed by atoms with Crippen LogP contribution in [0.25, 0.3) is 10.9 Å². The van der Waals surface area contributed by atoms with E-state index in [0.717, 1.165) is 12.5 Å². The molecule has 17 heavy (non-hydrogen) atoms. The third kappa shape index (κ3) is 2.08. The zero-order valence-electron chi connectivity index (χ0n) is 8.98. The van der Waals surface area contributed by atoms with Gasteiger partial charge in [0.15, 0.2) is 0 Å². The summed E-state index contributed by atoms with van der Waals surface area (Å²) in [5.74, 6) is -1.18. The molecule has 0 aliphatic carbocycles. The molecule has 0 N–H and O–H groups in total. The van der Waals surface area contributed by atoms with Gasteiger partial charge in [-0.3, -0.25) is 0 Å². The van der Waals surface area contributed by atoms with Crippen molar-refractivity contribution in [2.75, 3.05) is 7.11 Å². The largest absolute Gasteiger partial charge is 0.465 e. The van der Waals surface area contributed by atoms with Crippen molar-refractivity contribution < 1.29 is 13.9 Å². The van der Waals surface area contributed by atoms with E-state index < -0.39 is 11.1 Å². The third-order valence-electron chi connectivity index (χ3n) is 2.36. The SMILES string of the molecule is COC(=O)C(F)(Cl)c1ccc2ccccc2n1. The summed E-state index contributed by atoms with van der Waals surface area (Å²) in [6.45, 7) is 0. The first-order valence-electron chi connectivity index (χ1n) is 4.88. The average molecular weight is 254 g/mol. The van der Waals surface area contributed by atoms with Gasteiger partial charge in [0, 0.05) is 5.39 Å². The lowest BCUT2D eigenvalue weighted by molar-refractivity contribution is -0.149. The van der Waals surface area contributed by atoms with Gasteiger partial charge in [-0.1, -0.05) is 35.9 Å². The monoisotopic (exact) mass is 253 g/mol. The van der Waals surface area contributed by atoms with Gasteiger partial charge in [0.05, 0.1) is 12.6 Å². The van der Waals surface area contributed by atoms with Crippen LogP contribution < -0.4 is 0 Å². The normalized spacial score (nSPS) is 14.3. The second kappa shape index (κ2) is 4.30. The van der Waals surface area contributed by atoms with Crippen molar-refractivity contribution in [1.82, 2.24) is 4.98 Å². The van der Waals surface area contributed by atoms with Gasteiger partial charge < -0.3 is 4.74 Å². The lowest BCUT2D eigenvalue weighted by atomic mass is 10.1. The number of carbonyl (C=O) groups excluding carboxylic acids is 1. The highest BCUT2D eigenvalue weighted by Crippen LogP contribution is 2.31. The molecular weight excluding hydrogens is 245 g/mol. The number of alkyl halides is 2. The summed E-state index contributed by atoms with van der Waals surface area (Å²) in [6, 6.07) is 10.2. The maximum atomic E-state index is 14.0. The van der Waals surface area contributed by atoms with Crippen molar-refractivity contribution in [3.8, 4) is 0 Å². The maximum Gasteiger partial charge on any atom is 0.366 e. The Morgan fingerprint density at radius 1 is 1.35 bits per heavy atom. The minimum Gasteiger partial charge on any atom is -0.465 e. The molecule has 0 saturated heterocycles. The molecule has 88 valence electrons. The number of methoxy groups -OCH3 is 1. The van der Waals surface area contributed by atoms with Gasteiger partial charge >= 0.3 is 11.1 Å². The molecule has 2 rings (SSSR count). The van der Waals surface area contributed by atoms with Crippen molar-refractivity contribution in [2.24, 2.45) is 0 Å². The lowest BCUT2D eigenvalue weighted by Gasteiger charge is -2.14. The minimum atomic E-state index is -2.75. The van der Waals surface area contributed by atoms with E-state index in [1.54, 1.807) is 18.2 Å². The Morgan fingerprint density at radius 3 is 2.76 bits per heavy atom. The van der Waals surface area contributed by atoms with Crippen LogP contribution in [0.3, 0.4) is 0 Å². The van der Waals surface area contributed by atoms with Crippen LogP contribution in [0.2, 0.25) is 0 Å². The van der Waals surface area contributed by atoms with Gasteiger partial charge in [0.2, 0.25) is 0 Å². The zero-order chi connectivity index (χ0) is 12.5. The van der Waals surface area contributed by atoms with Crippen molar-refractivity contribution in [3.63, 3.8) is 0 Å². The number of nitrogens with zero attached hydrogens (tertiary/aromatic N) is 1. The fraction of sp³-hybridized carbons (Fsp3) is 0.167. The number of ether oxygens (including phenoxy) is 1. The van der Waals surface area contributed by atoms with Crippen molar-refractivity contribution in [3.05, 3.63) is 42.1 Å². The van der Waals surface area contributed by atoms with Crippen LogP contribution in [0, 0.1) is 0 Å². The highest BCUT2D eigenvalue weighted by molar-refractivity contribution is 6.32. The molecule has 1 heterocycles. The molecule has 0 aliphatic rings. The fourth-order valence-corrected chi connectivity index (χ4v) is 1.66. The first-order chi connectivity index (χ1) is 8.05. The Bertz CT molecular complexity index is 571. The Balaban J connectivity index is 2.53. The van der Waals surface area contributed by atoms with E-state index in [1.807, 2.05) is 12.1 Å². The number of carbonyl (C=O) groups is 1. The Hall–Kier alpha value is -1.68. The second-order valence-electron chi connectivity index (χ2n) is 3.46. The summed E-state index contributed by atoms with van der Waals surface area (Å²) in [4.78, 5) is 15.2. The molecule has 1 atom stereocenters. The number of hydrogen-bond acceptors (Lipinski definition) is 3. The number of pyridine rings is 1. The average Bonchev–Trinajstić information content (AvgIpc) is 2.37. The molecule has 0 saturated carbocycles. The highest BCUT2D eigenvalue weighted by Gasteiger charge is 2.41. The summed E-state index contributed by atoms with van der Waals surface area (Å²) in [5.41, 5.74) is 0.390. The molecule has 1 aromatic heterocycles. The molecule has 0 radical (unpaired) electrons. The van der Waals surface area contributed by atoms with Crippen molar-refractivity contribution >= 4 is 28.5 Å². The number of esters is 1. The van der Waals surface area contributed by atoms with Crippen LogP contribution in [-0.4, -0.2) is 18.1 Å². The molecular formula is C12H9ClFNO2. The molecule has 0 bridgehead atoms. The summed E-state index contributed by atoms with van der Waals surface area (Å²) >= 11 is 5.51. The molecule has 0 aliphatic heterocycles. The smallest absolute Gasteiger partial charge is 0.366 e. The number of hydrogen-bond donors (Lipinski definition) is 0. The molecule has 0 fully saturated rings. The second-order valence-corrected chi connectivity index (χ2v) is 3.98. The molecule has 1 aromatic carbocycles. The zero-order valence-corrected chi connectivity index (χ0v) is 9.74. The number of benzene rings is 1. The predicted octanol–water partition coefficient (Wildman–Crippen LogP) is 2.77. The molecule has 1 unspecified atom stereocenters. The fourth-order valence-electron chi connectivity index (χ4n) is 1.47. The van der Waals surface area contributed by atoms with Crippen molar-refractivity contribution in [1.29, 1.82) is 0 Å². The summed E-state index contributed by atoms with van der Waals surface area (Å²) in [7, 11) is 1.07. The summed E-state index contributed by atoms with van der Waals surface area (Å²) in [6.07, 6.45) is 0. The first kappa shape index (κ1) is 11.8. The van der Waals surface area contributed by atoms with Crippen LogP contribution >= 0.6 is 11.6 Å². The van der Waals surface area contributed by atoms with Gasteiger partial charge in [-0.25, -0.2) is 14.2 Å². The topological polar surface area (TPSA) is 39.2 Å². The number of para-hydroxylation sites is 1. The number of halogens is 2. The van der Waals surface area contributed by atoms with E-state index in [9.17, 15) is 9.18 Å². The third-order valence-corrected chi connectivity index (χ3v) is 2.71. The van der Waals surface area contributed by atoms with Gasteiger partial charge in [0.1, 0.15) is 5.69 Å². The first-order valence-corrected chi connectivity index (χ1v) is 5.26. The molecule has 5 heteroatoms. The maximum absolute atomic E-state index is 14.0. The van der Waals surface area contributed by atoms with Gasteiger partial charge in [-0.15, -0.1) is 0 Å². The van der Waals surface area contributed by atoms with E-state index in [-0.39, 0.29) is 5.69 Å². The van der Waals surface area contributed by atoms with Crippen molar-refractivity contribution in [2.45, 2.75) is 5.13 Å². The standard InChI is InChI=1S/C12H9ClFNO2/c1-17-11(16)12(13,14)10-7-6-8-4-2-3-5-9(8)15-10/h2-7H,1H3. The number of rotatable bonds is 2. The van der Waals surface area contributed by atoms with Crippen LogP contribution in [0.1, 0.15) is 5.69 Å². The molecule has 3 nitrogen and oxygen atoms in total. The predicted molar refractivity (Wildman–Crippen MR) is 62.4 cm³/mol. The van der Waals surface area contributed by atoms with Gasteiger partial charge in [-0.05, 0) is 12.1 Å². The molecule has 2 aromatic rings. The Morgan fingerprint density at radius 2 is 2.06 bits per heavy atom. The number of aromatic nitrogens is 1. The van der Waals surface area contributed by atoms with Crippen LogP contribution in [0.15, 0.2) is 36.4 Å². The van der Waals surface area contributed by atoms with E-state index in [2.05, 4.69) is 9.72 Å². The summed E-state index contributed by atoms with van der Waals surface area (Å²) in [5, 5.41) is -1.91. The van der Waals surface area contributed by atoms with E-state index >= 15 is 0 Å². The van der Waals surface area contributed by atoms with E-state index in [4.69, 9.17) is 11.6 Å². The highest BCUT2D eigenvalue weighted by atomic mass is 35.5. The molecule has 0 amide bonds. The number of fused-ring (bicyclic) bond motifs is 1. The van der Waals surface area contributed by atoms with Crippen LogP contribution in [-0.2, 0) is 14.7 Å². The molecule has 0 spiro atoms. The quantitative estimate of drug-likeness (QED) is 0.610. The minimum absolute atomic E-state index is 0.176. The van der Waals surface area contributed by atoms with E-state index in [1.165, 1.54) is 6.07 Å². The lowest BCUT2D eigenvalue weighted by Crippen LogP contribution is -2.27.